The highest BCUT2D eigenvalue weighted by Gasteiger charge is 2.15. The molecule has 0 atom stereocenters. The Labute approximate surface area is 166 Å². The minimum atomic E-state index is 0. The number of nitrogens with one attached hydrogen (secondary N) is 1. The number of aliphatic hydroxyl groups is 1. The van der Waals surface area contributed by atoms with Crippen LogP contribution in [0.3, 0.4) is 0 Å². The molecule has 4 N–H and O–H groups in total. The fraction of sp³-hybridized carbons (Fsp3) is 0.333. The first-order chi connectivity index (χ1) is 11.6. The Bertz CT molecular complexity index is 685. The molecule has 0 radical (unpaired) electrons. The normalized spacial score (nSPS) is 14.7. The molecular weight excluding hydrogens is 375 g/mol. The first-order valence-electron chi connectivity index (χ1n) is 8.04. The van der Waals surface area contributed by atoms with Crippen molar-refractivity contribution in [3.63, 3.8) is 0 Å². The van der Waals surface area contributed by atoms with E-state index < -0.39 is 0 Å². The third-order valence-electron chi connectivity index (χ3n) is 3.64. The van der Waals surface area contributed by atoms with Gasteiger partial charge in [0.05, 0.1) is 36.0 Å². The van der Waals surface area contributed by atoms with Crippen molar-refractivity contribution < 1.29 is 9.84 Å². The Hall–Kier alpha value is -2.02. The van der Waals surface area contributed by atoms with Crippen molar-refractivity contribution in [3.05, 3.63) is 47.9 Å². The van der Waals surface area contributed by atoms with E-state index in [1.54, 1.807) is 12.2 Å². The molecule has 0 unspecified atom stereocenters. The number of hydrogen-bond acceptors (Lipinski definition) is 6. The van der Waals surface area contributed by atoms with E-state index in [1.165, 1.54) is 0 Å². The number of nitrogens with two attached hydrogens (primary N) is 1. The number of anilines is 1. The van der Waals surface area contributed by atoms with E-state index in [0.29, 0.717) is 30.3 Å². The molecule has 1 aromatic rings. The zero-order valence-corrected chi connectivity index (χ0v) is 16.6. The summed E-state index contributed by atoms with van der Waals surface area (Å²) in [6, 6.07) is 7.71. The lowest BCUT2D eigenvalue weighted by molar-refractivity contribution is 0.237. The molecule has 0 saturated heterocycles. The zero-order valence-electron chi connectivity index (χ0n) is 14.9. The third-order valence-corrected chi connectivity index (χ3v) is 3.64. The van der Waals surface area contributed by atoms with E-state index >= 15 is 0 Å². The summed E-state index contributed by atoms with van der Waals surface area (Å²) in [5, 5.41) is 17.1. The van der Waals surface area contributed by atoms with Gasteiger partial charge in [-0.3, -0.25) is 5.41 Å². The summed E-state index contributed by atoms with van der Waals surface area (Å²) < 4.78 is 5.46. The van der Waals surface area contributed by atoms with Crippen LogP contribution in [0, 0.1) is 5.41 Å². The van der Waals surface area contributed by atoms with Crippen LogP contribution in [-0.2, 0) is 4.74 Å². The van der Waals surface area contributed by atoms with Crippen LogP contribution in [0.2, 0.25) is 0 Å². The number of hydrogen-bond donors (Lipinski definition) is 3. The summed E-state index contributed by atoms with van der Waals surface area (Å²) in [5.74, 6) is 0.545. The molecule has 2 rings (SSSR count). The van der Waals surface area contributed by atoms with Crippen LogP contribution in [0.4, 0.5) is 11.4 Å². The molecule has 1 aliphatic carbocycles. The van der Waals surface area contributed by atoms with Gasteiger partial charge >= 0.3 is 0 Å². The predicted octanol–water partition coefficient (Wildman–Crippen LogP) is 3.22. The number of ether oxygens (including phenoxy) is 1. The Morgan fingerprint density at radius 2 is 1.81 bits per heavy atom. The van der Waals surface area contributed by atoms with Gasteiger partial charge in [0.15, 0.2) is 0 Å². The average molecular weight is 401 g/mol. The molecule has 1 aliphatic rings. The standard InChI is InChI=1S/C18H24N4O2.2ClH/c1-3-22(9-10-23)14-7-5-13(6-8-14)21-17-12-18(24-4-2)16(20)11-15(17)19;;/h5-8,11-12,19,23H,3-4,9-10,20H2,1-2H3;2*1H. The Kier molecular flexibility index (Phi) is 10.7. The molecule has 6 nitrogen and oxygen atoms in total. The van der Waals surface area contributed by atoms with Gasteiger partial charge in [-0.15, -0.1) is 24.8 Å². The van der Waals surface area contributed by atoms with Gasteiger partial charge in [0.25, 0.3) is 0 Å². The van der Waals surface area contributed by atoms with Gasteiger partial charge < -0.3 is 20.5 Å². The number of likely N-dealkylation sites (N-methyl/N-ethyl adjacent to an activating group) is 1. The van der Waals surface area contributed by atoms with E-state index in [0.717, 1.165) is 17.9 Å². The van der Waals surface area contributed by atoms with Crippen molar-refractivity contribution in [2.45, 2.75) is 13.8 Å². The average Bonchev–Trinajstić information content (AvgIpc) is 2.58. The summed E-state index contributed by atoms with van der Waals surface area (Å²) in [6.45, 7) is 5.98. The van der Waals surface area contributed by atoms with Crippen molar-refractivity contribution in [1.29, 1.82) is 5.41 Å². The molecule has 144 valence electrons. The van der Waals surface area contributed by atoms with Crippen LogP contribution in [0.25, 0.3) is 0 Å². The summed E-state index contributed by atoms with van der Waals surface area (Å²) in [4.78, 5) is 6.59. The maximum atomic E-state index is 9.10. The quantitative estimate of drug-likeness (QED) is 0.612. The van der Waals surface area contributed by atoms with Gasteiger partial charge in [0.2, 0.25) is 0 Å². The molecule has 0 aromatic heterocycles. The van der Waals surface area contributed by atoms with Gasteiger partial charge in [0.1, 0.15) is 5.76 Å². The fourth-order valence-electron chi connectivity index (χ4n) is 2.43. The molecule has 0 aliphatic heterocycles. The van der Waals surface area contributed by atoms with Crippen molar-refractivity contribution in [3.8, 4) is 0 Å². The molecule has 0 saturated carbocycles. The van der Waals surface area contributed by atoms with Gasteiger partial charge in [-0.05, 0) is 44.2 Å². The van der Waals surface area contributed by atoms with Crippen molar-refractivity contribution in [2.75, 3.05) is 31.2 Å². The second-order valence-corrected chi connectivity index (χ2v) is 5.27. The predicted molar refractivity (Wildman–Crippen MR) is 113 cm³/mol. The van der Waals surface area contributed by atoms with Crippen LogP contribution in [-0.4, -0.2) is 42.8 Å². The molecule has 1 aromatic carbocycles. The Morgan fingerprint density at radius 1 is 1.15 bits per heavy atom. The number of aliphatic imine (C=N–C) groups is 1. The second-order valence-electron chi connectivity index (χ2n) is 5.27. The highest BCUT2D eigenvalue weighted by Crippen LogP contribution is 2.21. The van der Waals surface area contributed by atoms with Crippen LogP contribution in [0.5, 0.6) is 0 Å². The first kappa shape index (κ1) is 24.0. The number of allylic oxidation sites excluding steroid dienone is 2. The number of rotatable bonds is 7. The third kappa shape index (κ3) is 6.05. The van der Waals surface area contributed by atoms with Crippen LogP contribution < -0.4 is 10.6 Å². The van der Waals surface area contributed by atoms with Crippen molar-refractivity contribution in [1.82, 2.24) is 0 Å². The number of halogens is 2. The minimum absolute atomic E-state index is 0. The van der Waals surface area contributed by atoms with E-state index in [-0.39, 0.29) is 37.1 Å². The second kappa shape index (κ2) is 11.6. The van der Waals surface area contributed by atoms with Crippen LogP contribution in [0.15, 0.2) is 52.9 Å². The lowest BCUT2D eigenvalue weighted by Gasteiger charge is -2.22. The molecule has 0 heterocycles. The van der Waals surface area contributed by atoms with Gasteiger partial charge in [0, 0.05) is 24.9 Å². The number of benzene rings is 1. The van der Waals surface area contributed by atoms with E-state index in [4.69, 9.17) is 21.0 Å². The maximum absolute atomic E-state index is 9.10. The SMILES string of the molecule is CCOC1=CC(=Nc2ccc(N(CC)CCO)cc2)C(=N)C=C1N.Cl.Cl. The van der Waals surface area contributed by atoms with Crippen LogP contribution >= 0.6 is 24.8 Å². The maximum Gasteiger partial charge on any atom is 0.144 e. The molecule has 0 spiro atoms. The van der Waals surface area contributed by atoms with Crippen molar-refractivity contribution >= 4 is 47.6 Å². The molecular formula is C18H26Cl2N4O2. The largest absolute Gasteiger partial charge is 0.492 e. The molecule has 26 heavy (non-hydrogen) atoms. The van der Waals surface area contributed by atoms with E-state index in [1.807, 2.05) is 38.1 Å². The smallest absolute Gasteiger partial charge is 0.144 e. The molecule has 0 amide bonds. The summed E-state index contributed by atoms with van der Waals surface area (Å²) in [6.07, 6.45) is 3.25. The number of aliphatic hydroxyl groups excluding tert-OH is 1. The highest BCUT2D eigenvalue weighted by molar-refractivity contribution is 6.50. The van der Waals surface area contributed by atoms with Gasteiger partial charge in [-0.25, -0.2) is 4.99 Å². The van der Waals surface area contributed by atoms with E-state index in [2.05, 4.69) is 9.89 Å². The highest BCUT2D eigenvalue weighted by atomic mass is 35.5. The summed E-state index contributed by atoms with van der Waals surface area (Å²) in [5.41, 5.74) is 8.85. The summed E-state index contributed by atoms with van der Waals surface area (Å²) in [7, 11) is 0. The van der Waals surface area contributed by atoms with Gasteiger partial charge in [-0.2, -0.15) is 0 Å². The van der Waals surface area contributed by atoms with Gasteiger partial charge in [-0.1, -0.05) is 0 Å². The monoisotopic (exact) mass is 400 g/mol. The lowest BCUT2D eigenvalue weighted by Crippen LogP contribution is -2.25. The first-order valence-corrected chi connectivity index (χ1v) is 8.04. The fourth-order valence-corrected chi connectivity index (χ4v) is 2.43. The molecule has 0 fully saturated rings. The molecule has 8 heteroatoms. The topological polar surface area (TPSA) is 94.9 Å². The van der Waals surface area contributed by atoms with Crippen LogP contribution in [0.1, 0.15) is 13.8 Å². The Morgan fingerprint density at radius 3 is 2.35 bits per heavy atom. The summed E-state index contributed by atoms with van der Waals surface area (Å²) >= 11 is 0. The Balaban J connectivity index is 0.00000312. The zero-order chi connectivity index (χ0) is 17.5. The van der Waals surface area contributed by atoms with E-state index in [9.17, 15) is 0 Å². The number of nitrogens with zero attached hydrogens (tertiary/aromatic N) is 2. The molecule has 0 bridgehead atoms. The van der Waals surface area contributed by atoms with Crippen molar-refractivity contribution in [2.24, 2.45) is 10.7 Å². The lowest BCUT2D eigenvalue weighted by atomic mass is 10.1. The minimum Gasteiger partial charge on any atom is -0.492 e.